The lowest BCUT2D eigenvalue weighted by atomic mass is 9.96. The number of aliphatic hydroxyl groups excluding tert-OH is 1. The summed E-state index contributed by atoms with van der Waals surface area (Å²) < 4.78 is 5.50. The Morgan fingerprint density at radius 2 is 1.92 bits per heavy atom. The number of aromatic nitrogens is 2. The summed E-state index contributed by atoms with van der Waals surface area (Å²) in [5.41, 5.74) is 0.997. The Labute approximate surface area is 149 Å². The van der Waals surface area contributed by atoms with E-state index in [0.29, 0.717) is 30.8 Å². The van der Waals surface area contributed by atoms with Gasteiger partial charge in [-0.1, -0.05) is 37.3 Å². The normalized spacial score (nSPS) is 17.7. The molecule has 3 rings (SSSR count). The Kier molecular flexibility index (Phi) is 6.55. The van der Waals surface area contributed by atoms with Gasteiger partial charge in [-0.3, -0.25) is 0 Å². The quantitative estimate of drug-likeness (QED) is 0.764. The molecule has 1 aliphatic rings. The Balaban J connectivity index is 1.34. The number of aliphatic hydroxyl groups is 1. The van der Waals surface area contributed by atoms with Gasteiger partial charge in [0.25, 0.3) is 0 Å². The molecule has 25 heavy (non-hydrogen) atoms. The molecule has 1 aliphatic heterocycles. The van der Waals surface area contributed by atoms with E-state index in [1.807, 2.05) is 37.3 Å². The van der Waals surface area contributed by atoms with Crippen molar-refractivity contribution in [1.82, 2.24) is 20.4 Å². The smallest absolute Gasteiger partial charge is 0.230 e. The summed E-state index contributed by atoms with van der Waals surface area (Å²) in [5, 5.41) is 21.8. The fourth-order valence-corrected chi connectivity index (χ4v) is 3.28. The molecule has 2 heterocycles. The number of likely N-dealkylation sites (tertiary alicyclic amines) is 1. The second-order valence-electron chi connectivity index (χ2n) is 6.74. The van der Waals surface area contributed by atoms with Crippen LogP contribution in [0.1, 0.15) is 43.2 Å². The lowest BCUT2D eigenvalue weighted by Crippen LogP contribution is -2.39. The van der Waals surface area contributed by atoms with Gasteiger partial charge < -0.3 is 19.7 Å². The van der Waals surface area contributed by atoms with Crippen LogP contribution in [0.25, 0.3) is 0 Å². The summed E-state index contributed by atoms with van der Waals surface area (Å²) in [5.74, 6) is 2.03. The summed E-state index contributed by atoms with van der Waals surface area (Å²) in [6.45, 7) is 6.41. The molecule has 0 radical (unpaired) electrons. The van der Waals surface area contributed by atoms with E-state index in [1.54, 1.807) is 0 Å². The minimum absolute atomic E-state index is 0.402. The van der Waals surface area contributed by atoms with Gasteiger partial charge >= 0.3 is 0 Å². The highest BCUT2D eigenvalue weighted by Crippen LogP contribution is 2.20. The second-order valence-corrected chi connectivity index (χ2v) is 6.74. The zero-order chi connectivity index (χ0) is 17.5. The van der Waals surface area contributed by atoms with Crippen LogP contribution in [0.5, 0.6) is 0 Å². The third kappa shape index (κ3) is 5.36. The summed E-state index contributed by atoms with van der Waals surface area (Å²) >= 11 is 0. The number of hydrogen-bond acceptors (Lipinski definition) is 6. The van der Waals surface area contributed by atoms with E-state index in [0.717, 1.165) is 44.5 Å². The van der Waals surface area contributed by atoms with Crippen LogP contribution in [0.4, 0.5) is 0 Å². The molecule has 2 aromatic rings. The number of β-amino-alcohol motifs (C(OH)–C–C–N with tert-alkyl or cyclic N) is 1. The molecule has 0 bridgehead atoms. The molecular weight excluding hydrogens is 316 g/mol. The molecular formula is C19H28N4O2. The van der Waals surface area contributed by atoms with Gasteiger partial charge in [0.2, 0.25) is 11.8 Å². The first-order valence-corrected chi connectivity index (χ1v) is 9.22. The van der Waals surface area contributed by atoms with Gasteiger partial charge in [-0.05, 0) is 44.0 Å². The van der Waals surface area contributed by atoms with Crippen molar-refractivity contribution in [3.05, 3.63) is 47.7 Å². The molecule has 2 N–H and O–H groups in total. The van der Waals surface area contributed by atoms with Crippen molar-refractivity contribution >= 4 is 0 Å². The second kappa shape index (κ2) is 9.08. The standard InChI is InChI=1S/C19H28N4O2/c1-2-18-21-22-19(25-18)13-20-12-15-8-10-23(11-9-15)14-17(24)16-6-4-3-5-7-16/h3-7,15,17,20,24H,2,8-14H2,1H3. The molecule has 136 valence electrons. The van der Waals surface area contributed by atoms with Crippen molar-refractivity contribution in [2.24, 2.45) is 5.92 Å². The molecule has 1 unspecified atom stereocenters. The lowest BCUT2D eigenvalue weighted by molar-refractivity contribution is 0.0890. The van der Waals surface area contributed by atoms with Crippen molar-refractivity contribution in [2.45, 2.75) is 38.8 Å². The number of nitrogens with one attached hydrogen (secondary N) is 1. The van der Waals surface area contributed by atoms with Crippen molar-refractivity contribution in [3.8, 4) is 0 Å². The van der Waals surface area contributed by atoms with Crippen molar-refractivity contribution in [3.63, 3.8) is 0 Å². The Morgan fingerprint density at radius 1 is 1.20 bits per heavy atom. The number of piperidine rings is 1. The van der Waals surface area contributed by atoms with E-state index in [9.17, 15) is 5.11 Å². The maximum absolute atomic E-state index is 10.4. The number of nitrogens with zero attached hydrogens (tertiary/aromatic N) is 3. The van der Waals surface area contributed by atoms with Gasteiger partial charge in [0.1, 0.15) is 0 Å². The predicted octanol–water partition coefficient (Wildman–Crippen LogP) is 2.17. The van der Waals surface area contributed by atoms with Crippen LogP contribution in [0, 0.1) is 5.92 Å². The Hall–Kier alpha value is -1.76. The molecule has 6 heteroatoms. The summed E-state index contributed by atoms with van der Waals surface area (Å²) in [6, 6.07) is 9.91. The van der Waals surface area contributed by atoms with Gasteiger partial charge in [-0.25, -0.2) is 0 Å². The van der Waals surface area contributed by atoms with E-state index in [-0.39, 0.29) is 0 Å². The first-order chi connectivity index (χ1) is 12.2. The summed E-state index contributed by atoms with van der Waals surface area (Å²) in [6.07, 6.45) is 2.68. The topological polar surface area (TPSA) is 74.4 Å². The lowest BCUT2D eigenvalue weighted by Gasteiger charge is -2.33. The maximum atomic E-state index is 10.4. The van der Waals surface area contributed by atoms with E-state index in [1.165, 1.54) is 0 Å². The fraction of sp³-hybridized carbons (Fsp3) is 0.579. The first kappa shape index (κ1) is 18.0. The first-order valence-electron chi connectivity index (χ1n) is 9.22. The number of benzene rings is 1. The van der Waals surface area contributed by atoms with Crippen molar-refractivity contribution in [1.29, 1.82) is 0 Å². The van der Waals surface area contributed by atoms with Crippen LogP contribution < -0.4 is 5.32 Å². The van der Waals surface area contributed by atoms with E-state index in [2.05, 4.69) is 20.4 Å². The predicted molar refractivity (Wildman–Crippen MR) is 95.9 cm³/mol. The highest BCUT2D eigenvalue weighted by atomic mass is 16.4. The molecule has 1 atom stereocenters. The average Bonchev–Trinajstić information content (AvgIpc) is 3.12. The van der Waals surface area contributed by atoms with Gasteiger partial charge in [0.15, 0.2) is 0 Å². The van der Waals surface area contributed by atoms with Gasteiger partial charge in [-0.15, -0.1) is 10.2 Å². The van der Waals surface area contributed by atoms with Crippen LogP contribution in [0.3, 0.4) is 0 Å². The van der Waals surface area contributed by atoms with Crippen LogP contribution in [0.15, 0.2) is 34.7 Å². The molecule has 1 aromatic heterocycles. The molecule has 0 aliphatic carbocycles. The maximum Gasteiger partial charge on any atom is 0.230 e. The molecule has 0 saturated carbocycles. The zero-order valence-corrected chi connectivity index (χ0v) is 14.9. The monoisotopic (exact) mass is 344 g/mol. The number of rotatable bonds is 8. The summed E-state index contributed by atoms with van der Waals surface area (Å²) in [4.78, 5) is 2.36. The minimum atomic E-state index is -0.402. The average molecular weight is 344 g/mol. The third-order valence-electron chi connectivity index (χ3n) is 4.84. The van der Waals surface area contributed by atoms with Crippen molar-refractivity contribution < 1.29 is 9.52 Å². The Bertz CT molecular complexity index is 623. The molecule has 6 nitrogen and oxygen atoms in total. The summed E-state index contributed by atoms with van der Waals surface area (Å²) in [7, 11) is 0. The SMILES string of the molecule is CCc1nnc(CNCC2CCN(CC(O)c3ccccc3)CC2)o1. The fourth-order valence-electron chi connectivity index (χ4n) is 3.28. The van der Waals surface area contributed by atoms with Crippen LogP contribution in [-0.4, -0.2) is 46.4 Å². The highest BCUT2D eigenvalue weighted by molar-refractivity contribution is 5.17. The molecule has 0 amide bonds. The number of hydrogen-bond donors (Lipinski definition) is 2. The van der Waals surface area contributed by atoms with Gasteiger partial charge in [-0.2, -0.15) is 0 Å². The van der Waals surface area contributed by atoms with E-state index >= 15 is 0 Å². The molecule has 1 saturated heterocycles. The van der Waals surface area contributed by atoms with Gasteiger partial charge in [0.05, 0.1) is 12.6 Å². The molecule has 1 fully saturated rings. The highest BCUT2D eigenvalue weighted by Gasteiger charge is 2.21. The van der Waals surface area contributed by atoms with Crippen LogP contribution in [-0.2, 0) is 13.0 Å². The largest absolute Gasteiger partial charge is 0.424 e. The minimum Gasteiger partial charge on any atom is -0.424 e. The van der Waals surface area contributed by atoms with Crippen LogP contribution in [0.2, 0.25) is 0 Å². The zero-order valence-electron chi connectivity index (χ0n) is 14.9. The number of aryl methyl sites for hydroxylation is 1. The van der Waals surface area contributed by atoms with Crippen LogP contribution >= 0.6 is 0 Å². The van der Waals surface area contributed by atoms with E-state index < -0.39 is 6.10 Å². The molecule has 0 spiro atoms. The molecule has 1 aromatic carbocycles. The van der Waals surface area contributed by atoms with E-state index in [4.69, 9.17) is 4.42 Å². The third-order valence-corrected chi connectivity index (χ3v) is 4.84. The van der Waals surface area contributed by atoms with Crippen molar-refractivity contribution in [2.75, 3.05) is 26.2 Å². The Morgan fingerprint density at radius 3 is 2.60 bits per heavy atom. The van der Waals surface area contributed by atoms with Gasteiger partial charge in [0, 0.05) is 13.0 Å².